The van der Waals surface area contributed by atoms with Crippen LogP contribution < -0.4 is 0 Å². The average molecular weight is 283 g/mol. The number of hydrogen-bond acceptors (Lipinski definition) is 6. The van der Waals surface area contributed by atoms with Crippen molar-refractivity contribution in [2.24, 2.45) is 0 Å². The van der Waals surface area contributed by atoms with Crippen LogP contribution in [0.4, 0.5) is 0 Å². The third-order valence-corrected chi connectivity index (χ3v) is 5.24. The normalized spacial score (nSPS) is 17.8. The van der Waals surface area contributed by atoms with Gasteiger partial charge in [-0.2, -0.15) is 0 Å². The predicted molar refractivity (Wildman–Crippen MR) is 67.1 cm³/mol. The second-order valence-corrected chi connectivity index (χ2v) is 7.18. The van der Waals surface area contributed by atoms with Crippen LogP contribution in [-0.2, 0) is 13.6 Å². The van der Waals surface area contributed by atoms with Crippen LogP contribution >= 0.6 is 7.60 Å². The first kappa shape index (κ1) is 17.5. The molecule has 0 bridgehead atoms. The van der Waals surface area contributed by atoms with Crippen molar-refractivity contribution in [3.8, 4) is 0 Å². The van der Waals surface area contributed by atoms with Gasteiger partial charge in [0.1, 0.15) is 0 Å². The van der Waals surface area contributed by atoms with E-state index in [-0.39, 0.29) is 0 Å². The van der Waals surface area contributed by atoms with Crippen LogP contribution in [0.3, 0.4) is 0 Å². The molecule has 0 radical (unpaired) electrons. The molecule has 0 aliphatic rings. The molecule has 18 heavy (non-hydrogen) atoms. The van der Waals surface area contributed by atoms with Crippen molar-refractivity contribution in [3.63, 3.8) is 0 Å². The molecule has 108 valence electrons. The lowest BCUT2D eigenvalue weighted by atomic mass is 10.2. The van der Waals surface area contributed by atoms with Crippen LogP contribution in [0.25, 0.3) is 0 Å². The molecule has 0 unspecified atom stereocenters. The smallest absolute Gasteiger partial charge is 0.369 e. The number of nitrogens with zero attached hydrogens (tertiary/aromatic N) is 1. The van der Waals surface area contributed by atoms with E-state index < -0.39 is 36.1 Å². The molecule has 0 saturated carbocycles. The fourth-order valence-corrected chi connectivity index (χ4v) is 3.36. The molecular weight excluding hydrogens is 261 g/mol. The number of rotatable bonds is 7. The van der Waals surface area contributed by atoms with Crippen molar-refractivity contribution in [1.29, 1.82) is 0 Å². The Labute approximate surface area is 107 Å². The van der Waals surface area contributed by atoms with Crippen LogP contribution in [0.2, 0.25) is 0 Å². The molecule has 0 saturated heterocycles. The molecule has 0 aliphatic carbocycles. The topological polar surface area (TPSA) is 98.9 Å². The lowest BCUT2D eigenvalue weighted by Gasteiger charge is -2.34. The molecule has 1 N–H and O–H groups in total. The van der Waals surface area contributed by atoms with Crippen molar-refractivity contribution in [3.05, 3.63) is 10.1 Å². The molecule has 0 spiro atoms. The van der Waals surface area contributed by atoms with E-state index in [1.807, 2.05) is 0 Å². The van der Waals surface area contributed by atoms with E-state index in [1.165, 1.54) is 6.92 Å². The van der Waals surface area contributed by atoms with Crippen LogP contribution in [0.5, 0.6) is 0 Å². The quantitative estimate of drug-likeness (QED) is 0.437. The maximum Gasteiger partial charge on any atom is 0.369 e. The van der Waals surface area contributed by atoms with E-state index in [0.717, 1.165) is 6.92 Å². The van der Waals surface area contributed by atoms with Gasteiger partial charge in [0.2, 0.25) is 11.4 Å². The highest BCUT2D eigenvalue weighted by Gasteiger charge is 2.56. The van der Waals surface area contributed by atoms with Crippen molar-refractivity contribution in [1.82, 2.24) is 0 Å². The van der Waals surface area contributed by atoms with Gasteiger partial charge >= 0.3 is 7.60 Å². The lowest BCUT2D eigenvalue weighted by molar-refractivity contribution is -0.533. The van der Waals surface area contributed by atoms with E-state index in [0.29, 0.717) is 0 Å². The van der Waals surface area contributed by atoms with Crippen molar-refractivity contribution in [2.75, 3.05) is 0 Å². The van der Waals surface area contributed by atoms with Gasteiger partial charge < -0.3 is 14.2 Å². The standard InChI is InChI=1S/C10H22NO6P/c1-7(2)16-18(15,17-8(3)4)10(6,12)9(5)11(13)14/h7-9,12H,1-6H3/t9-,10-/m0/s1. The van der Waals surface area contributed by atoms with Crippen LogP contribution in [0.1, 0.15) is 41.5 Å². The number of hydrogen-bond donors (Lipinski definition) is 1. The number of aliphatic hydroxyl groups is 1. The molecule has 0 amide bonds. The lowest BCUT2D eigenvalue weighted by Crippen LogP contribution is -2.44. The Morgan fingerprint density at radius 3 is 1.72 bits per heavy atom. The second-order valence-electron chi connectivity index (χ2n) is 4.86. The summed E-state index contributed by atoms with van der Waals surface area (Å²) in [7, 11) is -4.03. The molecule has 7 nitrogen and oxygen atoms in total. The van der Waals surface area contributed by atoms with Gasteiger partial charge in [-0.1, -0.05) is 0 Å². The summed E-state index contributed by atoms with van der Waals surface area (Å²) >= 11 is 0. The van der Waals surface area contributed by atoms with E-state index >= 15 is 0 Å². The van der Waals surface area contributed by atoms with Crippen molar-refractivity contribution in [2.45, 2.75) is 65.1 Å². The summed E-state index contributed by atoms with van der Waals surface area (Å²) in [6.07, 6.45) is -0.972. The Hall–Kier alpha value is -0.490. The van der Waals surface area contributed by atoms with Gasteiger partial charge in [0.15, 0.2) is 0 Å². The van der Waals surface area contributed by atoms with E-state index in [2.05, 4.69) is 0 Å². The monoisotopic (exact) mass is 283 g/mol. The minimum atomic E-state index is -4.03. The highest BCUT2D eigenvalue weighted by molar-refractivity contribution is 7.55. The fourth-order valence-electron chi connectivity index (χ4n) is 1.22. The first-order valence-electron chi connectivity index (χ1n) is 5.77. The van der Waals surface area contributed by atoms with Gasteiger partial charge in [-0.25, -0.2) is 0 Å². The van der Waals surface area contributed by atoms with Gasteiger partial charge in [0.25, 0.3) is 0 Å². The average Bonchev–Trinajstić information content (AvgIpc) is 2.13. The Morgan fingerprint density at radius 2 is 1.50 bits per heavy atom. The summed E-state index contributed by atoms with van der Waals surface area (Å²) in [6, 6.07) is -1.47. The molecule has 8 heteroatoms. The van der Waals surface area contributed by atoms with Gasteiger partial charge in [-0.05, 0) is 34.6 Å². The summed E-state index contributed by atoms with van der Waals surface area (Å²) in [5.74, 6) is 0. The summed E-state index contributed by atoms with van der Waals surface area (Å²) in [4.78, 5) is 10.1. The SMILES string of the molecule is CC(C)OP(=O)(OC(C)C)[C@](C)(O)[C@H](C)[N+](=O)[O-]. The van der Waals surface area contributed by atoms with Crippen LogP contribution in [-0.4, -0.2) is 33.6 Å². The molecule has 0 aromatic heterocycles. The first-order chi connectivity index (χ1) is 7.94. The Kier molecular flexibility index (Phi) is 5.94. The van der Waals surface area contributed by atoms with Gasteiger partial charge in [-0.15, -0.1) is 0 Å². The third-order valence-electron chi connectivity index (χ3n) is 2.36. The van der Waals surface area contributed by atoms with E-state index in [1.54, 1.807) is 27.7 Å². The second kappa shape index (κ2) is 6.10. The third kappa shape index (κ3) is 4.02. The molecule has 0 aromatic carbocycles. The van der Waals surface area contributed by atoms with Gasteiger partial charge in [-0.3, -0.25) is 14.7 Å². The Balaban J connectivity index is 5.42. The zero-order chi connectivity index (χ0) is 14.7. The summed E-state index contributed by atoms with van der Waals surface area (Å²) in [5, 5.41) is 18.8. The zero-order valence-electron chi connectivity index (χ0n) is 11.6. The molecule has 0 rings (SSSR count). The number of nitro groups is 1. The maximum absolute atomic E-state index is 12.6. The minimum absolute atomic E-state index is 0.486. The van der Waals surface area contributed by atoms with Gasteiger partial charge in [0.05, 0.1) is 12.2 Å². The van der Waals surface area contributed by atoms with E-state index in [4.69, 9.17) is 9.05 Å². The van der Waals surface area contributed by atoms with Crippen molar-refractivity contribution < 1.29 is 23.6 Å². The predicted octanol–water partition coefficient (Wildman–Crippen LogP) is 2.40. The molecule has 0 aromatic rings. The highest BCUT2D eigenvalue weighted by Crippen LogP contribution is 2.61. The fraction of sp³-hybridized carbons (Fsp3) is 1.00. The molecule has 0 fully saturated rings. The minimum Gasteiger partial charge on any atom is -0.372 e. The maximum atomic E-state index is 12.6. The van der Waals surface area contributed by atoms with Crippen LogP contribution in [0, 0.1) is 10.1 Å². The Bertz CT molecular complexity index is 327. The summed E-state index contributed by atoms with van der Waals surface area (Å²) < 4.78 is 22.9. The van der Waals surface area contributed by atoms with Crippen LogP contribution in [0.15, 0.2) is 0 Å². The Morgan fingerprint density at radius 1 is 1.17 bits per heavy atom. The molecule has 0 aliphatic heterocycles. The first-order valence-corrected chi connectivity index (χ1v) is 7.31. The van der Waals surface area contributed by atoms with Crippen molar-refractivity contribution >= 4 is 7.60 Å². The highest BCUT2D eigenvalue weighted by atomic mass is 31.2. The largest absolute Gasteiger partial charge is 0.372 e. The van der Waals surface area contributed by atoms with Gasteiger partial charge in [0, 0.05) is 11.8 Å². The van der Waals surface area contributed by atoms with E-state index in [9.17, 15) is 19.8 Å². The zero-order valence-corrected chi connectivity index (χ0v) is 12.5. The molecule has 0 heterocycles. The summed E-state index contributed by atoms with van der Waals surface area (Å²) in [6.45, 7) is 8.73. The summed E-state index contributed by atoms with van der Waals surface area (Å²) in [5.41, 5.74) is 0. The molecular formula is C10H22NO6P. The molecule has 2 atom stereocenters.